The molecular formula is C36H36N4O5. The standard InChI is InChI=1S/C36H36N4O5/c1-44-29-15-27(16-30(18-29)45-2)35(42)37-31-17-25(36(43)38-13-12-24-6-3-4-7-26(24)21-38)10-11-33(31)39-19-23-14-28(22-39)32-8-5-9-34(41)40(32)20-23/h3-11,15-18,23,28H,12-14,19-22H2,1-2H3,(H,37,42)/t23-,28+/m1/s1. The van der Waals surface area contributed by atoms with E-state index in [1.54, 1.807) is 44.6 Å². The highest BCUT2D eigenvalue weighted by Crippen LogP contribution is 2.40. The van der Waals surface area contributed by atoms with Gasteiger partial charge < -0.3 is 29.2 Å². The highest BCUT2D eigenvalue weighted by Gasteiger charge is 2.35. The number of piperidine rings is 1. The Labute approximate surface area is 262 Å². The molecule has 1 aromatic heterocycles. The molecule has 0 spiro atoms. The predicted octanol–water partition coefficient (Wildman–Crippen LogP) is 4.94. The van der Waals surface area contributed by atoms with E-state index in [0.29, 0.717) is 54.5 Å². The van der Waals surface area contributed by atoms with Gasteiger partial charge in [0.1, 0.15) is 11.5 Å². The molecule has 3 aliphatic rings. The molecule has 0 unspecified atom stereocenters. The molecule has 2 bridgehead atoms. The zero-order valence-corrected chi connectivity index (χ0v) is 25.5. The molecule has 4 aromatic rings. The van der Waals surface area contributed by atoms with Crippen LogP contribution < -0.4 is 25.2 Å². The summed E-state index contributed by atoms with van der Waals surface area (Å²) in [6.45, 7) is 3.29. The summed E-state index contributed by atoms with van der Waals surface area (Å²) in [5, 5.41) is 3.12. The van der Waals surface area contributed by atoms with Crippen molar-refractivity contribution in [1.82, 2.24) is 9.47 Å². The Morgan fingerprint density at radius 1 is 0.822 bits per heavy atom. The van der Waals surface area contributed by atoms with Gasteiger partial charge in [-0.2, -0.15) is 0 Å². The summed E-state index contributed by atoms with van der Waals surface area (Å²) in [4.78, 5) is 44.3. The highest BCUT2D eigenvalue weighted by atomic mass is 16.5. The number of amides is 2. The average Bonchev–Trinajstić information content (AvgIpc) is 3.07. The van der Waals surface area contributed by atoms with Crippen LogP contribution in [0.1, 0.15) is 49.9 Å². The van der Waals surface area contributed by atoms with Crippen molar-refractivity contribution in [3.63, 3.8) is 0 Å². The van der Waals surface area contributed by atoms with Gasteiger partial charge in [-0.05, 0) is 66.3 Å². The molecule has 3 aromatic carbocycles. The number of nitrogens with zero attached hydrogens (tertiary/aromatic N) is 3. The minimum atomic E-state index is -0.334. The topological polar surface area (TPSA) is 93.1 Å². The van der Waals surface area contributed by atoms with Crippen molar-refractivity contribution in [2.45, 2.75) is 31.8 Å². The van der Waals surface area contributed by atoms with Crippen LogP contribution in [0.25, 0.3) is 0 Å². The van der Waals surface area contributed by atoms with Gasteiger partial charge in [-0.3, -0.25) is 14.4 Å². The minimum absolute atomic E-state index is 0.0421. The van der Waals surface area contributed by atoms with Crippen molar-refractivity contribution in [3.8, 4) is 11.5 Å². The van der Waals surface area contributed by atoms with Gasteiger partial charge >= 0.3 is 0 Å². The first kappa shape index (κ1) is 28.7. The quantitative estimate of drug-likeness (QED) is 0.335. The molecule has 0 saturated carbocycles. The zero-order chi connectivity index (χ0) is 31.1. The van der Waals surface area contributed by atoms with Crippen LogP contribution in [0.3, 0.4) is 0 Å². The number of hydrogen-bond donors (Lipinski definition) is 1. The summed E-state index contributed by atoms with van der Waals surface area (Å²) >= 11 is 0. The number of nitrogens with one attached hydrogen (secondary N) is 1. The van der Waals surface area contributed by atoms with Gasteiger partial charge in [0.15, 0.2) is 0 Å². The molecule has 4 heterocycles. The maximum Gasteiger partial charge on any atom is 0.255 e. The van der Waals surface area contributed by atoms with Gasteiger partial charge in [0, 0.05) is 67.6 Å². The highest BCUT2D eigenvalue weighted by molar-refractivity contribution is 6.07. The van der Waals surface area contributed by atoms with Gasteiger partial charge in [0.2, 0.25) is 0 Å². The molecule has 3 aliphatic heterocycles. The zero-order valence-electron chi connectivity index (χ0n) is 25.5. The lowest BCUT2D eigenvalue weighted by atomic mass is 9.83. The van der Waals surface area contributed by atoms with Gasteiger partial charge in [0.25, 0.3) is 17.4 Å². The van der Waals surface area contributed by atoms with E-state index in [0.717, 1.165) is 36.3 Å². The largest absolute Gasteiger partial charge is 0.497 e. The third-order valence-electron chi connectivity index (χ3n) is 9.34. The fraction of sp³-hybridized carbons (Fsp3) is 0.306. The number of aromatic nitrogens is 1. The fourth-order valence-electron chi connectivity index (χ4n) is 7.12. The summed E-state index contributed by atoms with van der Waals surface area (Å²) in [5.74, 6) is 1.08. The normalized spacial score (nSPS) is 18.4. The molecule has 45 heavy (non-hydrogen) atoms. The Kier molecular flexibility index (Phi) is 7.53. The monoisotopic (exact) mass is 604 g/mol. The van der Waals surface area contributed by atoms with Crippen LogP contribution in [-0.4, -0.2) is 55.1 Å². The number of anilines is 2. The van der Waals surface area contributed by atoms with Gasteiger partial charge in [-0.25, -0.2) is 0 Å². The first-order valence-electron chi connectivity index (χ1n) is 15.4. The number of fused-ring (bicyclic) bond motifs is 5. The number of carbonyl (C=O) groups is 2. The molecule has 2 amide bonds. The Bertz CT molecular complexity index is 1830. The van der Waals surface area contributed by atoms with E-state index in [1.165, 1.54) is 5.56 Å². The van der Waals surface area contributed by atoms with Gasteiger partial charge in [0.05, 0.1) is 25.6 Å². The van der Waals surface area contributed by atoms with E-state index in [2.05, 4.69) is 22.3 Å². The van der Waals surface area contributed by atoms with Crippen molar-refractivity contribution in [2.75, 3.05) is 44.1 Å². The Hall–Kier alpha value is -5.05. The molecule has 1 fully saturated rings. The number of rotatable bonds is 6. The Balaban J connectivity index is 1.22. The molecule has 9 heteroatoms. The second-order valence-electron chi connectivity index (χ2n) is 12.1. The molecule has 0 aliphatic carbocycles. The van der Waals surface area contributed by atoms with Gasteiger partial charge in [-0.1, -0.05) is 30.3 Å². The molecular weight excluding hydrogens is 568 g/mol. The maximum atomic E-state index is 13.8. The fourth-order valence-corrected chi connectivity index (χ4v) is 7.12. The number of hydrogen-bond acceptors (Lipinski definition) is 6. The smallest absolute Gasteiger partial charge is 0.255 e. The van der Waals surface area contributed by atoms with E-state index in [4.69, 9.17) is 9.47 Å². The first-order valence-corrected chi connectivity index (χ1v) is 15.4. The summed E-state index contributed by atoms with van der Waals surface area (Å²) in [6, 6.07) is 24.4. The van der Waals surface area contributed by atoms with E-state index in [-0.39, 0.29) is 29.2 Å². The van der Waals surface area contributed by atoms with Crippen molar-refractivity contribution in [3.05, 3.63) is 117 Å². The van der Waals surface area contributed by atoms with Crippen LogP contribution in [0.5, 0.6) is 11.5 Å². The maximum absolute atomic E-state index is 13.8. The van der Waals surface area contributed by atoms with Crippen LogP contribution in [0.2, 0.25) is 0 Å². The Morgan fingerprint density at radius 3 is 2.38 bits per heavy atom. The third kappa shape index (κ3) is 5.54. The summed E-state index contributed by atoms with van der Waals surface area (Å²) in [5.41, 5.74) is 5.84. The molecule has 230 valence electrons. The van der Waals surface area contributed by atoms with E-state index in [9.17, 15) is 14.4 Å². The molecule has 1 saturated heterocycles. The lowest BCUT2D eigenvalue weighted by Gasteiger charge is -2.44. The third-order valence-corrected chi connectivity index (χ3v) is 9.34. The lowest BCUT2D eigenvalue weighted by Crippen LogP contribution is -2.47. The number of methoxy groups -OCH3 is 2. The van der Waals surface area contributed by atoms with Crippen LogP contribution in [0.4, 0.5) is 11.4 Å². The molecule has 7 rings (SSSR count). The minimum Gasteiger partial charge on any atom is -0.497 e. The van der Waals surface area contributed by atoms with E-state index >= 15 is 0 Å². The lowest BCUT2D eigenvalue weighted by molar-refractivity contribution is 0.0734. The first-order chi connectivity index (χ1) is 21.9. The summed E-state index contributed by atoms with van der Waals surface area (Å²) < 4.78 is 12.7. The summed E-state index contributed by atoms with van der Waals surface area (Å²) in [7, 11) is 3.09. The van der Waals surface area contributed by atoms with Crippen molar-refractivity contribution in [2.24, 2.45) is 5.92 Å². The van der Waals surface area contributed by atoms with Crippen molar-refractivity contribution >= 4 is 23.2 Å². The molecule has 0 radical (unpaired) electrons. The Morgan fingerprint density at radius 2 is 1.60 bits per heavy atom. The molecule has 1 N–H and O–H groups in total. The van der Waals surface area contributed by atoms with Gasteiger partial charge in [-0.15, -0.1) is 0 Å². The van der Waals surface area contributed by atoms with Crippen molar-refractivity contribution < 1.29 is 19.1 Å². The van der Waals surface area contributed by atoms with Crippen LogP contribution in [0, 0.1) is 5.92 Å². The average molecular weight is 605 g/mol. The van der Waals surface area contributed by atoms with E-state index < -0.39 is 0 Å². The van der Waals surface area contributed by atoms with Crippen LogP contribution in [0.15, 0.2) is 83.7 Å². The van der Waals surface area contributed by atoms with Crippen LogP contribution >= 0.6 is 0 Å². The summed E-state index contributed by atoms with van der Waals surface area (Å²) in [6.07, 6.45) is 1.82. The number of carbonyl (C=O) groups excluding carboxylic acids is 2. The van der Waals surface area contributed by atoms with Crippen LogP contribution in [-0.2, 0) is 19.5 Å². The van der Waals surface area contributed by atoms with E-state index in [1.807, 2.05) is 45.9 Å². The molecule has 2 atom stereocenters. The van der Waals surface area contributed by atoms with Crippen molar-refractivity contribution in [1.29, 1.82) is 0 Å². The second-order valence-corrected chi connectivity index (χ2v) is 12.1. The number of ether oxygens (including phenoxy) is 2. The molecule has 9 nitrogen and oxygen atoms in total. The second kappa shape index (κ2) is 11.8. The SMILES string of the molecule is COc1cc(OC)cc(C(=O)Nc2cc(C(=O)N3CCc4ccccc4C3)ccc2N2C[C@H]3C[C@@H](C2)c2cccc(=O)n2C3)c1. The number of benzene rings is 3. The number of pyridine rings is 1. The predicted molar refractivity (Wildman–Crippen MR) is 173 cm³/mol.